The third-order valence-corrected chi connectivity index (χ3v) is 3.26. The minimum Gasteiger partial charge on any atom is -0.327 e. The topological polar surface area (TPSA) is 65.4 Å². The Labute approximate surface area is 116 Å². The Kier molecular flexibility index (Phi) is 2.71. The number of fused-ring (bicyclic) bond motifs is 1. The molecule has 4 heteroatoms. The molecule has 3 aromatic rings. The third-order valence-electron chi connectivity index (χ3n) is 3.26. The maximum Gasteiger partial charge on any atom is 0.140 e. The molecule has 0 saturated heterocycles. The first-order valence-electron chi connectivity index (χ1n) is 6.10. The maximum atomic E-state index is 8.97. The van der Waals surface area contributed by atoms with Gasteiger partial charge < -0.3 is 4.57 Å². The van der Waals surface area contributed by atoms with Crippen LogP contribution in [0.25, 0.3) is 22.4 Å². The minimum atomic E-state index is 0.591. The van der Waals surface area contributed by atoms with E-state index in [0.717, 1.165) is 22.4 Å². The fourth-order valence-electron chi connectivity index (χ4n) is 2.26. The molecule has 0 N–H and O–H groups in total. The number of aromatic nitrogens is 2. The van der Waals surface area contributed by atoms with E-state index < -0.39 is 0 Å². The number of hydrogen-bond acceptors (Lipinski definition) is 3. The minimum absolute atomic E-state index is 0.591. The van der Waals surface area contributed by atoms with Crippen molar-refractivity contribution in [1.82, 2.24) is 9.55 Å². The SMILES string of the molecule is Cn1c(-c2cccc(C#N)c2)nc2cc(C#N)ccc21. The van der Waals surface area contributed by atoms with Gasteiger partial charge in [-0.15, -0.1) is 0 Å². The van der Waals surface area contributed by atoms with Gasteiger partial charge >= 0.3 is 0 Å². The van der Waals surface area contributed by atoms with Gasteiger partial charge in [-0.1, -0.05) is 12.1 Å². The lowest BCUT2D eigenvalue weighted by Gasteiger charge is -2.02. The number of rotatable bonds is 1. The van der Waals surface area contributed by atoms with Gasteiger partial charge in [0, 0.05) is 12.6 Å². The molecule has 1 heterocycles. The summed E-state index contributed by atoms with van der Waals surface area (Å²) < 4.78 is 1.97. The average Bonchev–Trinajstić information content (AvgIpc) is 2.83. The Balaban J connectivity index is 2.24. The van der Waals surface area contributed by atoms with Crippen molar-refractivity contribution in [3.63, 3.8) is 0 Å². The van der Waals surface area contributed by atoms with Crippen LogP contribution in [0.15, 0.2) is 42.5 Å². The normalized spacial score (nSPS) is 10.2. The summed E-state index contributed by atoms with van der Waals surface area (Å²) in [4.78, 5) is 4.57. The fourth-order valence-corrected chi connectivity index (χ4v) is 2.26. The standard InChI is InChI=1S/C16H10N4/c1-20-15-6-5-12(10-18)8-14(15)19-16(20)13-4-2-3-11(7-13)9-17/h2-8H,1H3. The van der Waals surface area contributed by atoms with Gasteiger partial charge in [-0.2, -0.15) is 10.5 Å². The lowest BCUT2D eigenvalue weighted by molar-refractivity contribution is 0.959. The van der Waals surface area contributed by atoms with Gasteiger partial charge in [0.2, 0.25) is 0 Å². The van der Waals surface area contributed by atoms with Crippen molar-refractivity contribution in [1.29, 1.82) is 10.5 Å². The van der Waals surface area contributed by atoms with E-state index in [9.17, 15) is 0 Å². The second-order valence-electron chi connectivity index (χ2n) is 4.50. The molecule has 2 aromatic carbocycles. The van der Waals surface area contributed by atoms with E-state index in [1.165, 1.54) is 0 Å². The Morgan fingerprint density at radius 1 is 1.00 bits per heavy atom. The van der Waals surface area contributed by atoms with Crippen LogP contribution in [0.4, 0.5) is 0 Å². The highest BCUT2D eigenvalue weighted by atomic mass is 15.1. The second-order valence-corrected chi connectivity index (χ2v) is 4.50. The van der Waals surface area contributed by atoms with Crippen LogP contribution in [0, 0.1) is 22.7 Å². The smallest absolute Gasteiger partial charge is 0.140 e. The molecule has 0 unspecified atom stereocenters. The van der Waals surface area contributed by atoms with Crippen LogP contribution in [0.5, 0.6) is 0 Å². The van der Waals surface area contributed by atoms with Crippen molar-refractivity contribution >= 4 is 11.0 Å². The molecule has 3 rings (SSSR count). The Morgan fingerprint density at radius 2 is 1.75 bits per heavy atom. The molecule has 20 heavy (non-hydrogen) atoms. The van der Waals surface area contributed by atoms with Crippen LogP contribution in [0.2, 0.25) is 0 Å². The molecular formula is C16H10N4. The van der Waals surface area contributed by atoms with Crippen LogP contribution < -0.4 is 0 Å². The van der Waals surface area contributed by atoms with E-state index in [2.05, 4.69) is 17.1 Å². The van der Waals surface area contributed by atoms with E-state index in [0.29, 0.717) is 11.1 Å². The van der Waals surface area contributed by atoms with Crippen molar-refractivity contribution in [2.24, 2.45) is 7.05 Å². The first-order chi connectivity index (χ1) is 9.72. The molecule has 0 aliphatic heterocycles. The zero-order chi connectivity index (χ0) is 14.1. The number of nitriles is 2. The quantitative estimate of drug-likeness (QED) is 0.674. The number of nitrogens with zero attached hydrogens (tertiary/aromatic N) is 4. The summed E-state index contributed by atoms with van der Waals surface area (Å²) in [6.07, 6.45) is 0. The van der Waals surface area contributed by atoms with Gasteiger partial charge in [0.15, 0.2) is 0 Å². The molecule has 0 bridgehead atoms. The number of benzene rings is 2. The Bertz CT molecular complexity index is 891. The molecule has 0 spiro atoms. The molecule has 1 aromatic heterocycles. The fraction of sp³-hybridized carbons (Fsp3) is 0.0625. The van der Waals surface area contributed by atoms with Gasteiger partial charge in [0.1, 0.15) is 5.82 Å². The van der Waals surface area contributed by atoms with Gasteiger partial charge in [-0.25, -0.2) is 4.98 Å². The first kappa shape index (κ1) is 12.0. The van der Waals surface area contributed by atoms with Crippen molar-refractivity contribution in [2.45, 2.75) is 0 Å². The van der Waals surface area contributed by atoms with Crippen LogP contribution >= 0.6 is 0 Å². The van der Waals surface area contributed by atoms with Gasteiger partial charge in [0.25, 0.3) is 0 Å². The summed E-state index contributed by atoms with van der Waals surface area (Å²) in [6.45, 7) is 0. The number of hydrogen-bond donors (Lipinski definition) is 0. The lowest BCUT2D eigenvalue weighted by Crippen LogP contribution is -1.92. The number of imidazole rings is 1. The van der Waals surface area contributed by atoms with Crippen molar-refractivity contribution in [3.8, 4) is 23.5 Å². The molecule has 0 aliphatic rings. The highest BCUT2D eigenvalue weighted by molar-refractivity contribution is 5.82. The van der Waals surface area contributed by atoms with E-state index >= 15 is 0 Å². The summed E-state index contributed by atoms with van der Waals surface area (Å²) in [5, 5.41) is 17.9. The average molecular weight is 258 g/mol. The van der Waals surface area contributed by atoms with Gasteiger partial charge in [0.05, 0.1) is 34.3 Å². The summed E-state index contributed by atoms with van der Waals surface area (Å²) in [5.74, 6) is 0.784. The van der Waals surface area contributed by atoms with Crippen LogP contribution in [0.1, 0.15) is 11.1 Å². The first-order valence-corrected chi connectivity index (χ1v) is 6.10. The molecule has 0 atom stereocenters. The molecule has 0 aliphatic carbocycles. The van der Waals surface area contributed by atoms with E-state index in [1.54, 1.807) is 18.2 Å². The number of aryl methyl sites for hydroxylation is 1. The second kappa shape index (κ2) is 4.53. The van der Waals surface area contributed by atoms with Crippen LogP contribution in [-0.2, 0) is 7.05 Å². The predicted octanol–water partition coefficient (Wildman–Crippen LogP) is 2.98. The molecule has 0 radical (unpaired) electrons. The highest BCUT2D eigenvalue weighted by Crippen LogP contribution is 2.24. The van der Waals surface area contributed by atoms with E-state index in [4.69, 9.17) is 10.5 Å². The summed E-state index contributed by atoms with van der Waals surface area (Å²) in [6, 6.07) is 17.0. The van der Waals surface area contributed by atoms with Crippen molar-refractivity contribution in [2.75, 3.05) is 0 Å². The van der Waals surface area contributed by atoms with Gasteiger partial charge in [-0.3, -0.25) is 0 Å². The molecule has 94 valence electrons. The molecular weight excluding hydrogens is 248 g/mol. The molecule has 0 saturated carbocycles. The largest absolute Gasteiger partial charge is 0.327 e. The van der Waals surface area contributed by atoms with Crippen LogP contribution in [-0.4, -0.2) is 9.55 Å². The monoisotopic (exact) mass is 258 g/mol. The van der Waals surface area contributed by atoms with Crippen LogP contribution in [0.3, 0.4) is 0 Å². The van der Waals surface area contributed by atoms with E-state index in [1.807, 2.05) is 35.9 Å². The summed E-state index contributed by atoms with van der Waals surface area (Å²) >= 11 is 0. The zero-order valence-corrected chi connectivity index (χ0v) is 10.8. The molecule has 0 amide bonds. The molecule has 0 fully saturated rings. The summed E-state index contributed by atoms with van der Waals surface area (Å²) in [7, 11) is 1.93. The predicted molar refractivity (Wildman–Crippen MR) is 75.6 cm³/mol. The Morgan fingerprint density at radius 3 is 2.50 bits per heavy atom. The highest BCUT2D eigenvalue weighted by Gasteiger charge is 2.10. The summed E-state index contributed by atoms with van der Waals surface area (Å²) in [5.41, 5.74) is 3.83. The zero-order valence-electron chi connectivity index (χ0n) is 10.8. The third kappa shape index (κ3) is 1.81. The van der Waals surface area contributed by atoms with Crippen molar-refractivity contribution in [3.05, 3.63) is 53.6 Å². The van der Waals surface area contributed by atoms with E-state index in [-0.39, 0.29) is 0 Å². The Hall–Kier alpha value is -3.11. The van der Waals surface area contributed by atoms with Crippen molar-refractivity contribution < 1.29 is 0 Å². The maximum absolute atomic E-state index is 8.97. The lowest BCUT2D eigenvalue weighted by atomic mass is 10.1. The molecule has 4 nitrogen and oxygen atoms in total. The van der Waals surface area contributed by atoms with Gasteiger partial charge in [-0.05, 0) is 30.3 Å².